The molecular weight excluding hydrogens is 300 g/mol. The Kier molecular flexibility index (Phi) is 6.32. The highest BCUT2D eigenvalue weighted by atomic mass is 16.2. The summed E-state index contributed by atoms with van der Waals surface area (Å²) in [6.07, 6.45) is 1.67. The molecule has 2 amide bonds. The maximum absolute atomic E-state index is 12.4. The first kappa shape index (κ1) is 17.5. The van der Waals surface area contributed by atoms with E-state index in [2.05, 4.69) is 17.6 Å². The fraction of sp³-hybridized carbons (Fsp3) is 0.200. The minimum atomic E-state index is -0.295. The fourth-order valence-corrected chi connectivity index (χ4v) is 2.30. The van der Waals surface area contributed by atoms with Crippen LogP contribution in [0.5, 0.6) is 0 Å². The van der Waals surface area contributed by atoms with E-state index >= 15 is 0 Å². The van der Waals surface area contributed by atoms with E-state index in [1.165, 1.54) is 6.92 Å². The first-order chi connectivity index (χ1) is 11.6. The number of nitrogens with one attached hydrogen (secondary N) is 2. The van der Waals surface area contributed by atoms with Crippen molar-refractivity contribution < 1.29 is 9.59 Å². The van der Waals surface area contributed by atoms with Gasteiger partial charge in [0.15, 0.2) is 0 Å². The second kappa shape index (κ2) is 8.67. The number of benzene rings is 2. The summed E-state index contributed by atoms with van der Waals surface area (Å²) >= 11 is 0. The molecule has 0 heterocycles. The minimum Gasteiger partial charge on any atom is -0.350 e. The van der Waals surface area contributed by atoms with Crippen LogP contribution in [-0.4, -0.2) is 18.4 Å². The van der Waals surface area contributed by atoms with Gasteiger partial charge >= 0.3 is 0 Å². The van der Waals surface area contributed by atoms with Crippen LogP contribution in [0.3, 0.4) is 0 Å². The van der Waals surface area contributed by atoms with Crippen molar-refractivity contribution in [3.8, 4) is 0 Å². The Morgan fingerprint density at radius 2 is 1.58 bits per heavy atom. The van der Waals surface area contributed by atoms with Crippen molar-refractivity contribution in [2.75, 3.05) is 6.54 Å². The molecule has 124 valence electrons. The summed E-state index contributed by atoms with van der Waals surface area (Å²) in [7, 11) is 0. The summed E-state index contributed by atoms with van der Waals surface area (Å²) in [6, 6.07) is 19.4. The summed E-state index contributed by atoms with van der Waals surface area (Å²) in [5.41, 5.74) is 2.26. The number of amides is 2. The van der Waals surface area contributed by atoms with Gasteiger partial charge in [-0.15, -0.1) is 0 Å². The molecule has 2 N–H and O–H groups in total. The van der Waals surface area contributed by atoms with Crippen LogP contribution in [0, 0.1) is 0 Å². The Balaban J connectivity index is 2.05. The number of carbonyl (C=O) groups is 2. The Morgan fingerprint density at radius 3 is 2.17 bits per heavy atom. The molecule has 0 aliphatic carbocycles. The van der Waals surface area contributed by atoms with Gasteiger partial charge in [-0.25, -0.2) is 0 Å². The number of carbonyl (C=O) groups excluding carboxylic acids is 2. The van der Waals surface area contributed by atoms with E-state index in [1.807, 2.05) is 60.7 Å². The predicted octanol–water partition coefficient (Wildman–Crippen LogP) is 3.08. The predicted molar refractivity (Wildman–Crippen MR) is 96.1 cm³/mol. The molecule has 0 bridgehead atoms. The molecule has 0 saturated carbocycles. The van der Waals surface area contributed by atoms with Gasteiger partial charge in [0.05, 0.1) is 0 Å². The van der Waals surface area contributed by atoms with E-state index in [0.717, 1.165) is 11.1 Å². The van der Waals surface area contributed by atoms with Gasteiger partial charge in [0.1, 0.15) is 5.70 Å². The van der Waals surface area contributed by atoms with E-state index in [4.69, 9.17) is 0 Å². The van der Waals surface area contributed by atoms with Gasteiger partial charge in [0.25, 0.3) is 5.91 Å². The highest BCUT2D eigenvalue weighted by Gasteiger charge is 2.13. The second-order valence-corrected chi connectivity index (χ2v) is 5.67. The molecule has 0 saturated heterocycles. The zero-order valence-electron chi connectivity index (χ0n) is 14.0. The molecule has 0 aromatic heterocycles. The normalized spacial score (nSPS) is 12.3. The van der Waals surface area contributed by atoms with Crippen LogP contribution in [0.4, 0.5) is 0 Å². The third kappa shape index (κ3) is 5.39. The largest absolute Gasteiger partial charge is 0.350 e. The molecule has 0 aliphatic rings. The summed E-state index contributed by atoms with van der Waals surface area (Å²) in [4.78, 5) is 23.8. The van der Waals surface area contributed by atoms with Crippen LogP contribution in [0.1, 0.15) is 30.9 Å². The summed E-state index contributed by atoms with van der Waals surface area (Å²) < 4.78 is 0. The van der Waals surface area contributed by atoms with Gasteiger partial charge < -0.3 is 10.6 Å². The molecule has 0 fully saturated rings. The fourth-order valence-electron chi connectivity index (χ4n) is 2.30. The van der Waals surface area contributed by atoms with Gasteiger partial charge in [0, 0.05) is 13.5 Å². The van der Waals surface area contributed by atoms with Gasteiger partial charge in [-0.2, -0.15) is 0 Å². The van der Waals surface area contributed by atoms with Crippen molar-refractivity contribution in [2.24, 2.45) is 0 Å². The molecule has 2 aromatic rings. The summed E-state index contributed by atoms with van der Waals surface area (Å²) in [5, 5.41) is 5.49. The standard InChI is InChI=1S/C20H22N2O2/c1-15(18-11-7-4-8-12-18)14-21-20(24)19(22-16(2)23)13-17-9-5-3-6-10-17/h3-13,15H,14H2,1-2H3,(H,21,24)(H,22,23)/b19-13-/t15-/m0/s1. The average Bonchev–Trinajstić information content (AvgIpc) is 2.60. The van der Waals surface area contributed by atoms with Crippen LogP contribution in [0.25, 0.3) is 6.08 Å². The van der Waals surface area contributed by atoms with Crippen LogP contribution in [-0.2, 0) is 9.59 Å². The van der Waals surface area contributed by atoms with Crippen LogP contribution < -0.4 is 10.6 Å². The molecular formula is C20H22N2O2. The Morgan fingerprint density at radius 1 is 1.00 bits per heavy atom. The molecule has 2 aromatic carbocycles. The lowest BCUT2D eigenvalue weighted by atomic mass is 10.0. The van der Waals surface area contributed by atoms with Crippen LogP contribution >= 0.6 is 0 Å². The number of rotatable bonds is 6. The molecule has 0 spiro atoms. The van der Waals surface area contributed by atoms with Crippen LogP contribution in [0.15, 0.2) is 66.4 Å². The topological polar surface area (TPSA) is 58.2 Å². The molecule has 2 rings (SSSR count). The van der Waals surface area contributed by atoms with Crippen molar-refractivity contribution in [2.45, 2.75) is 19.8 Å². The number of hydrogen-bond acceptors (Lipinski definition) is 2. The Bertz CT molecular complexity index is 709. The first-order valence-electron chi connectivity index (χ1n) is 7.93. The zero-order valence-corrected chi connectivity index (χ0v) is 14.0. The third-order valence-corrected chi connectivity index (χ3v) is 3.60. The van der Waals surface area contributed by atoms with Crippen molar-refractivity contribution in [1.82, 2.24) is 10.6 Å². The van der Waals surface area contributed by atoms with Crippen molar-refractivity contribution in [3.63, 3.8) is 0 Å². The molecule has 24 heavy (non-hydrogen) atoms. The van der Waals surface area contributed by atoms with E-state index in [-0.39, 0.29) is 23.4 Å². The third-order valence-electron chi connectivity index (χ3n) is 3.60. The Labute approximate surface area is 142 Å². The number of hydrogen-bond donors (Lipinski definition) is 2. The second-order valence-electron chi connectivity index (χ2n) is 5.67. The maximum Gasteiger partial charge on any atom is 0.267 e. The highest BCUT2D eigenvalue weighted by Crippen LogP contribution is 2.13. The molecule has 0 unspecified atom stereocenters. The molecule has 0 radical (unpaired) electrons. The quantitative estimate of drug-likeness (QED) is 0.803. The van der Waals surface area contributed by atoms with Gasteiger partial charge in [-0.05, 0) is 23.1 Å². The summed E-state index contributed by atoms with van der Waals surface area (Å²) in [5.74, 6) is -0.384. The monoisotopic (exact) mass is 322 g/mol. The zero-order chi connectivity index (χ0) is 17.4. The van der Waals surface area contributed by atoms with Gasteiger partial charge in [-0.3, -0.25) is 9.59 Å². The van der Waals surface area contributed by atoms with E-state index in [9.17, 15) is 9.59 Å². The molecule has 0 aliphatic heterocycles. The van der Waals surface area contributed by atoms with Gasteiger partial charge in [-0.1, -0.05) is 67.6 Å². The molecule has 4 heteroatoms. The minimum absolute atomic E-state index is 0.186. The van der Waals surface area contributed by atoms with Crippen LogP contribution in [0.2, 0.25) is 0 Å². The molecule has 1 atom stereocenters. The van der Waals surface area contributed by atoms with E-state index < -0.39 is 0 Å². The summed E-state index contributed by atoms with van der Waals surface area (Å²) in [6.45, 7) is 3.93. The lowest BCUT2D eigenvalue weighted by molar-refractivity contribution is -0.122. The van der Waals surface area contributed by atoms with Crippen molar-refractivity contribution in [1.29, 1.82) is 0 Å². The average molecular weight is 322 g/mol. The maximum atomic E-state index is 12.4. The Hall–Kier alpha value is -2.88. The van der Waals surface area contributed by atoms with Gasteiger partial charge in [0.2, 0.25) is 5.91 Å². The lowest BCUT2D eigenvalue weighted by Crippen LogP contribution is -2.35. The highest BCUT2D eigenvalue weighted by molar-refractivity contribution is 6.00. The van der Waals surface area contributed by atoms with Crippen molar-refractivity contribution >= 4 is 17.9 Å². The van der Waals surface area contributed by atoms with E-state index in [1.54, 1.807) is 6.08 Å². The molecule has 4 nitrogen and oxygen atoms in total. The first-order valence-corrected chi connectivity index (χ1v) is 7.93. The lowest BCUT2D eigenvalue weighted by Gasteiger charge is -2.14. The smallest absolute Gasteiger partial charge is 0.267 e. The SMILES string of the molecule is CC(=O)N/C(=C\c1ccccc1)C(=O)NC[C@H](C)c1ccccc1. The van der Waals surface area contributed by atoms with E-state index in [0.29, 0.717) is 6.54 Å². The van der Waals surface area contributed by atoms with Crippen molar-refractivity contribution in [3.05, 3.63) is 77.5 Å².